The van der Waals surface area contributed by atoms with Crippen LogP contribution in [0.2, 0.25) is 0 Å². The Morgan fingerprint density at radius 1 is 1.08 bits per heavy atom. The number of benzene rings is 2. The molecule has 2 amide bonds. The number of carbonyl (C=O) groups excluding carboxylic acids is 1. The van der Waals surface area contributed by atoms with Gasteiger partial charge in [0.1, 0.15) is 18.2 Å². The van der Waals surface area contributed by atoms with Crippen LogP contribution in [0.4, 0.5) is 20.6 Å². The van der Waals surface area contributed by atoms with Gasteiger partial charge in [0, 0.05) is 13.1 Å². The number of hydrogen-bond acceptors (Lipinski definition) is 3. The lowest BCUT2D eigenvalue weighted by atomic mass is 10.2. The minimum Gasteiger partial charge on any atom is -0.492 e. The highest BCUT2D eigenvalue weighted by molar-refractivity contribution is 5.93. The van der Waals surface area contributed by atoms with Crippen molar-refractivity contribution in [1.82, 2.24) is 5.32 Å². The standard InChI is InChI=1S/C19H22FN3O2/c20-15-7-9-16(10-8-15)25-14-11-21-19(24)22-17-5-1-2-6-18(17)23-12-3-4-13-23/h1-2,5-10H,3-4,11-14H2,(H2,21,22,24). The van der Waals surface area contributed by atoms with E-state index in [1.54, 1.807) is 12.1 Å². The molecule has 25 heavy (non-hydrogen) atoms. The number of carbonyl (C=O) groups is 1. The number of para-hydroxylation sites is 2. The maximum Gasteiger partial charge on any atom is 0.319 e. The van der Waals surface area contributed by atoms with Crippen molar-refractivity contribution in [2.75, 3.05) is 36.5 Å². The Hall–Kier alpha value is -2.76. The second kappa shape index (κ2) is 8.37. The summed E-state index contributed by atoms with van der Waals surface area (Å²) >= 11 is 0. The average molecular weight is 343 g/mol. The summed E-state index contributed by atoms with van der Waals surface area (Å²) in [6, 6.07) is 13.3. The maximum atomic E-state index is 12.8. The fourth-order valence-corrected chi connectivity index (χ4v) is 2.84. The minimum absolute atomic E-state index is 0.269. The molecule has 0 atom stereocenters. The number of rotatable bonds is 6. The van der Waals surface area contributed by atoms with Gasteiger partial charge in [-0.2, -0.15) is 0 Å². The third-order valence-electron chi connectivity index (χ3n) is 4.07. The monoisotopic (exact) mass is 343 g/mol. The van der Waals surface area contributed by atoms with Crippen molar-refractivity contribution in [1.29, 1.82) is 0 Å². The van der Waals surface area contributed by atoms with E-state index >= 15 is 0 Å². The Morgan fingerprint density at radius 3 is 2.56 bits per heavy atom. The molecule has 0 aliphatic carbocycles. The van der Waals surface area contributed by atoms with Crippen LogP contribution in [0, 0.1) is 5.82 Å². The second-order valence-corrected chi connectivity index (χ2v) is 5.89. The van der Waals surface area contributed by atoms with Crippen LogP contribution in [0.1, 0.15) is 12.8 Å². The van der Waals surface area contributed by atoms with Crippen LogP contribution < -0.4 is 20.3 Å². The van der Waals surface area contributed by atoms with E-state index in [-0.39, 0.29) is 11.8 Å². The van der Waals surface area contributed by atoms with Crippen LogP contribution >= 0.6 is 0 Å². The molecule has 0 aromatic heterocycles. The highest BCUT2D eigenvalue weighted by Crippen LogP contribution is 2.28. The third-order valence-corrected chi connectivity index (χ3v) is 4.07. The molecule has 1 fully saturated rings. The topological polar surface area (TPSA) is 53.6 Å². The highest BCUT2D eigenvalue weighted by Gasteiger charge is 2.16. The van der Waals surface area contributed by atoms with Gasteiger partial charge in [0.2, 0.25) is 0 Å². The number of nitrogens with one attached hydrogen (secondary N) is 2. The first-order valence-electron chi connectivity index (χ1n) is 8.49. The van der Waals surface area contributed by atoms with E-state index in [4.69, 9.17) is 4.74 Å². The van der Waals surface area contributed by atoms with Crippen LogP contribution in [0.3, 0.4) is 0 Å². The van der Waals surface area contributed by atoms with Crippen LogP contribution in [-0.2, 0) is 0 Å². The van der Waals surface area contributed by atoms with Crippen LogP contribution in [0.15, 0.2) is 48.5 Å². The summed E-state index contributed by atoms with van der Waals surface area (Å²) in [5.41, 5.74) is 1.86. The van der Waals surface area contributed by atoms with Crippen molar-refractivity contribution in [2.45, 2.75) is 12.8 Å². The molecule has 1 aliphatic heterocycles. The molecule has 6 heteroatoms. The summed E-state index contributed by atoms with van der Waals surface area (Å²) in [5, 5.41) is 5.66. The zero-order chi connectivity index (χ0) is 17.5. The number of ether oxygens (including phenoxy) is 1. The SMILES string of the molecule is O=C(NCCOc1ccc(F)cc1)Nc1ccccc1N1CCCC1. The molecule has 0 spiro atoms. The fraction of sp³-hybridized carbons (Fsp3) is 0.316. The third kappa shape index (κ3) is 4.86. The van der Waals surface area contributed by atoms with Gasteiger partial charge in [-0.3, -0.25) is 0 Å². The van der Waals surface area contributed by atoms with Crippen LogP contribution in [-0.4, -0.2) is 32.3 Å². The Labute approximate surface area is 146 Å². The molecule has 0 radical (unpaired) electrons. The normalized spacial score (nSPS) is 13.6. The Kier molecular flexibility index (Phi) is 5.72. The summed E-state index contributed by atoms with van der Waals surface area (Å²) in [6.45, 7) is 2.71. The van der Waals surface area contributed by atoms with Crippen molar-refractivity contribution in [3.05, 3.63) is 54.3 Å². The van der Waals surface area contributed by atoms with E-state index in [0.29, 0.717) is 18.9 Å². The second-order valence-electron chi connectivity index (χ2n) is 5.89. The van der Waals surface area contributed by atoms with Crippen molar-refractivity contribution in [3.8, 4) is 5.75 Å². The summed E-state index contributed by atoms with van der Waals surface area (Å²) < 4.78 is 18.3. The van der Waals surface area contributed by atoms with E-state index in [1.807, 2.05) is 24.3 Å². The Morgan fingerprint density at radius 2 is 1.80 bits per heavy atom. The summed E-state index contributed by atoms with van der Waals surface area (Å²) in [5.74, 6) is 0.268. The van der Waals surface area contributed by atoms with Gasteiger partial charge in [0.25, 0.3) is 0 Å². The molecular formula is C19H22FN3O2. The molecular weight excluding hydrogens is 321 g/mol. The van der Waals surface area contributed by atoms with Gasteiger partial charge in [-0.25, -0.2) is 9.18 Å². The molecule has 3 rings (SSSR count). The molecule has 2 aromatic carbocycles. The lowest BCUT2D eigenvalue weighted by Gasteiger charge is -2.21. The smallest absolute Gasteiger partial charge is 0.319 e. The number of anilines is 2. The quantitative estimate of drug-likeness (QED) is 0.788. The van der Waals surface area contributed by atoms with Crippen molar-refractivity contribution in [2.24, 2.45) is 0 Å². The summed E-state index contributed by atoms with van der Waals surface area (Å²) in [4.78, 5) is 14.4. The largest absolute Gasteiger partial charge is 0.492 e. The molecule has 2 aromatic rings. The minimum atomic E-state index is -0.304. The maximum absolute atomic E-state index is 12.8. The molecule has 1 saturated heterocycles. The molecule has 0 unspecified atom stereocenters. The zero-order valence-corrected chi connectivity index (χ0v) is 14.0. The van der Waals surface area contributed by atoms with Crippen molar-refractivity contribution in [3.63, 3.8) is 0 Å². The van der Waals surface area contributed by atoms with Gasteiger partial charge in [0.15, 0.2) is 0 Å². The van der Waals surface area contributed by atoms with Crippen LogP contribution in [0.5, 0.6) is 5.75 Å². The lowest BCUT2D eigenvalue weighted by Crippen LogP contribution is -2.33. The van der Waals surface area contributed by atoms with Crippen molar-refractivity contribution < 1.29 is 13.9 Å². The van der Waals surface area contributed by atoms with E-state index < -0.39 is 0 Å². The van der Waals surface area contributed by atoms with Gasteiger partial charge in [0.05, 0.1) is 17.9 Å². The van der Waals surface area contributed by atoms with E-state index in [9.17, 15) is 9.18 Å². The highest BCUT2D eigenvalue weighted by atomic mass is 19.1. The summed E-state index contributed by atoms with van der Waals surface area (Å²) in [7, 11) is 0. The molecule has 2 N–H and O–H groups in total. The van der Waals surface area contributed by atoms with E-state index in [2.05, 4.69) is 15.5 Å². The Bertz CT molecular complexity index is 700. The molecule has 1 aliphatic rings. The first-order chi connectivity index (χ1) is 12.2. The van der Waals surface area contributed by atoms with E-state index in [1.165, 1.54) is 25.0 Å². The number of hydrogen-bond donors (Lipinski definition) is 2. The van der Waals surface area contributed by atoms with E-state index in [0.717, 1.165) is 24.5 Å². The predicted octanol–water partition coefficient (Wildman–Crippen LogP) is 3.63. The molecule has 5 nitrogen and oxygen atoms in total. The van der Waals surface area contributed by atoms with Gasteiger partial charge in [-0.1, -0.05) is 12.1 Å². The number of urea groups is 1. The van der Waals surface area contributed by atoms with Gasteiger partial charge < -0.3 is 20.3 Å². The number of amides is 2. The van der Waals surface area contributed by atoms with Gasteiger partial charge in [-0.05, 0) is 49.2 Å². The van der Waals surface area contributed by atoms with Crippen LogP contribution in [0.25, 0.3) is 0 Å². The first kappa shape index (κ1) is 17.1. The zero-order valence-electron chi connectivity index (χ0n) is 14.0. The molecule has 132 valence electrons. The molecule has 0 bridgehead atoms. The number of nitrogens with zero attached hydrogens (tertiary/aromatic N) is 1. The summed E-state index contributed by atoms with van der Waals surface area (Å²) in [6.07, 6.45) is 2.36. The lowest BCUT2D eigenvalue weighted by molar-refractivity contribution is 0.247. The molecule has 1 heterocycles. The first-order valence-corrected chi connectivity index (χ1v) is 8.49. The average Bonchev–Trinajstić information content (AvgIpc) is 3.15. The van der Waals surface area contributed by atoms with Gasteiger partial charge >= 0.3 is 6.03 Å². The number of halogens is 1. The van der Waals surface area contributed by atoms with Gasteiger partial charge in [-0.15, -0.1) is 0 Å². The predicted molar refractivity (Wildman–Crippen MR) is 96.8 cm³/mol. The fourth-order valence-electron chi connectivity index (χ4n) is 2.84. The van der Waals surface area contributed by atoms with Crippen molar-refractivity contribution >= 4 is 17.4 Å². The molecule has 0 saturated carbocycles. The Balaban J connectivity index is 1.45.